The van der Waals surface area contributed by atoms with Gasteiger partial charge in [0.15, 0.2) is 5.03 Å². The third-order valence-electron chi connectivity index (χ3n) is 8.77. The fourth-order valence-corrected chi connectivity index (χ4v) is 7.58. The highest BCUT2D eigenvalue weighted by atomic mass is 32.2. The van der Waals surface area contributed by atoms with Crippen LogP contribution in [0.25, 0.3) is 0 Å². The molecule has 9 heteroatoms. The van der Waals surface area contributed by atoms with E-state index >= 15 is 0 Å². The van der Waals surface area contributed by atoms with Gasteiger partial charge in [-0.25, -0.2) is 14.7 Å². The molecule has 1 saturated heterocycles. The SMILES string of the molecule is CC(C)(C)c1ccc2c(n1)N1C[C@@H](CC[C@@H](C3CCCCC3)Nc3cccc(n3)S(=O)(=O)NC2=O)CC1(C)C. The fraction of sp³-hybridized carbons (Fsp3) is 0.633. The second-order valence-electron chi connectivity index (χ2n) is 13.3. The highest BCUT2D eigenvalue weighted by molar-refractivity contribution is 7.90. The molecule has 2 atom stereocenters. The average Bonchev–Trinajstić information content (AvgIpc) is 3.19. The Labute approximate surface area is 233 Å². The van der Waals surface area contributed by atoms with E-state index in [2.05, 4.69) is 54.5 Å². The van der Waals surface area contributed by atoms with Crippen molar-refractivity contribution in [3.63, 3.8) is 0 Å². The van der Waals surface area contributed by atoms with Gasteiger partial charge < -0.3 is 10.2 Å². The molecule has 0 radical (unpaired) electrons. The molecule has 0 spiro atoms. The number of sulfonamides is 1. The van der Waals surface area contributed by atoms with Crippen LogP contribution in [0.2, 0.25) is 0 Å². The molecule has 0 unspecified atom stereocenters. The lowest BCUT2D eigenvalue weighted by Crippen LogP contribution is -2.41. The van der Waals surface area contributed by atoms with Crippen LogP contribution in [0.4, 0.5) is 11.6 Å². The van der Waals surface area contributed by atoms with Crippen LogP contribution in [0.5, 0.6) is 0 Å². The summed E-state index contributed by atoms with van der Waals surface area (Å²) in [4.78, 5) is 25.2. The molecule has 39 heavy (non-hydrogen) atoms. The Morgan fingerprint density at radius 2 is 1.72 bits per heavy atom. The average molecular weight is 554 g/mol. The zero-order chi connectivity index (χ0) is 28.0. The number of anilines is 2. The minimum Gasteiger partial charge on any atom is -0.367 e. The van der Waals surface area contributed by atoms with Crippen LogP contribution in [-0.4, -0.2) is 42.4 Å². The predicted molar refractivity (Wildman–Crippen MR) is 155 cm³/mol. The molecule has 8 nitrogen and oxygen atoms in total. The summed E-state index contributed by atoms with van der Waals surface area (Å²) in [6.07, 6.45) is 9.15. The Morgan fingerprint density at radius 1 is 0.974 bits per heavy atom. The standard InChI is InChI=1S/C30H43N5O3S/c1-29(2,3)24-17-15-22-27(32-24)35-19-20(18-30(35,4)5)14-16-23(21-10-7-6-8-11-21)31-25-12-9-13-26(33-25)39(37,38)34-28(22)36/h9,12-13,15,17,20-21,23H,6-8,10-11,14,16,18-19H2,1-5H3,(H,31,33)(H,34,36)/t20-,23-/m0/s1. The number of nitrogens with one attached hydrogen (secondary N) is 2. The van der Waals surface area contributed by atoms with Gasteiger partial charge in [0, 0.05) is 29.2 Å². The molecule has 4 bridgehead atoms. The fourth-order valence-electron chi connectivity index (χ4n) is 6.64. The predicted octanol–water partition coefficient (Wildman–Crippen LogP) is 5.65. The van der Waals surface area contributed by atoms with E-state index in [1.54, 1.807) is 12.1 Å². The molecule has 1 saturated carbocycles. The van der Waals surface area contributed by atoms with Gasteiger partial charge in [-0.15, -0.1) is 0 Å². The number of aromatic nitrogens is 2. The second kappa shape index (κ2) is 10.4. The third kappa shape index (κ3) is 5.93. The van der Waals surface area contributed by atoms with Gasteiger partial charge in [-0.3, -0.25) is 4.79 Å². The Bertz CT molecular complexity index is 1330. The third-order valence-corrected chi connectivity index (χ3v) is 10.00. The van der Waals surface area contributed by atoms with Crippen molar-refractivity contribution in [3.05, 3.63) is 41.6 Å². The molecule has 0 aromatic carbocycles. The van der Waals surface area contributed by atoms with Crippen molar-refractivity contribution in [2.75, 3.05) is 16.8 Å². The number of carbonyl (C=O) groups excluding carboxylic acids is 1. The molecule has 1 aliphatic carbocycles. The first-order valence-corrected chi connectivity index (χ1v) is 15.9. The smallest absolute Gasteiger partial charge is 0.281 e. The molecule has 1 amide bonds. The Kier molecular flexibility index (Phi) is 7.42. The van der Waals surface area contributed by atoms with Gasteiger partial charge >= 0.3 is 0 Å². The number of carbonyl (C=O) groups is 1. The van der Waals surface area contributed by atoms with Crippen molar-refractivity contribution in [2.45, 2.75) is 108 Å². The number of pyridine rings is 2. The van der Waals surface area contributed by atoms with Crippen molar-refractivity contribution in [2.24, 2.45) is 11.8 Å². The maximum atomic E-state index is 13.6. The lowest BCUT2D eigenvalue weighted by Gasteiger charge is -2.34. The van der Waals surface area contributed by atoms with Crippen molar-refractivity contribution >= 4 is 27.6 Å². The lowest BCUT2D eigenvalue weighted by molar-refractivity contribution is 0.0981. The molecule has 5 rings (SSSR count). The van der Waals surface area contributed by atoms with Gasteiger partial charge in [-0.1, -0.05) is 46.1 Å². The Morgan fingerprint density at radius 3 is 2.44 bits per heavy atom. The number of nitrogens with zero attached hydrogens (tertiary/aromatic N) is 3. The Hall–Kier alpha value is -2.68. The molecule has 2 N–H and O–H groups in total. The van der Waals surface area contributed by atoms with Crippen LogP contribution < -0.4 is 14.9 Å². The van der Waals surface area contributed by atoms with Gasteiger partial charge in [0.25, 0.3) is 15.9 Å². The van der Waals surface area contributed by atoms with Crippen LogP contribution in [-0.2, 0) is 15.4 Å². The molecule has 2 fully saturated rings. The molecule has 3 aliphatic rings. The summed E-state index contributed by atoms with van der Waals surface area (Å²) in [6, 6.07) is 8.72. The van der Waals surface area contributed by atoms with Crippen LogP contribution in [0, 0.1) is 11.8 Å². The number of hydrogen-bond donors (Lipinski definition) is 2. The first kappa shape index (κ1) is 27.9. The van der Waals surface area contributed by atoms with Gasteiger partial charge in [-0.2, -0.15) is 8.42 Å². The van der Waals surface area contributed by atoms with E-state index in [4.69, 9.17) is 4.98 Å². The molecular formula is C30H43N5O3S. The van der Waals surface area contributed by atoms with Crippen molar-refractivity contribution in [1.82, 2.24) is 14.7 Å². The largest absolute Gasteiger partial charge is 0.367 e. The maximum Gasteiger partial charge on any atom is 0.281 e. The first-order chi connectivity index (χ1) is 18.3. The van der Waals surface area contributed by atoms with Gasteiger partial charge in [-0.05, 0) is 82.1 Å². The van der Waals surface area contributed by atoms with E-state index in [1.165, 1.54) is 38.2 Å². The number of rotatable bonds is 1. The summed E-state index contributed by atoms with van der Waals surface area (Å²) >= 11 is 0. The van der Waals surface area contributed by atoms with Gasteiger partial charge in [0.2, 0.25) is 0 Å². The van der Waals surface area contributed by atoms with E-state index in [0.29, 0.717) is 23.5 Å². The van der Waals surface area contributed by atoms with Gasteiger partial charge in [0.05, 0.1) is 5.56 Å². The second-order valence-corrected chi connectivity index (χ2v) is 15.0. The van der Waals surface area contributed by atoms with Gasteiger partial charge in [0.1, 0.15) is 11.6 Å². The number of fused-ring (bicyclic) bond motifs is 6. The maximum absolute atomic E-state index is 13.6. The molecule has 212 valence electrons. The van der Waals surface area contributed by atoms with Crippen LogP contribution in [0.3, 0.4) is 0 Å². The summed E-state index contributed by atoms with van der Waals surface area (Å²) in [5.74, 6) is 1.39. The number of hydrogen-bond acceptors (Lipinski definition) is 7. The summed E-state index contributed by atoms with van der Waals surface area (Å²) in [5, 5.41) is 3.45. The van der Waals surface area contributed by atoms with E-state index in [-0.39, 0.29) is 27.6 Å². The molecule has 2 aliphatic heterocycles. The van der Waals surface area contributed by atoms with E-state index in [1.807, 2.05) is 12.1 Å². The minimum atomic E-state index is -4.19. The van der Waals surface area contributed by atoms with Crippen LogP contribution in [0.15, 0.2) is 35.4 Å². The lowest BCUT2D eigenvalue weighted by atomic mass is 9.80. The van der Waals surface area contributed by atoms with E-state index < -0.39 is 15.9 Å². The monoisotopic (exact) mass is 553 g/mol. The normalized spacial score (nSPS) is 25.6. The van der Waals surface area contributed by atoms with Crippen LogP contribution in [0.1, 0.15) is 102 Å². The highest BCUT2D eigenvalue weighted by Gasteiger charge is 2.42. The van der Waals surface area contributed by atoms with Crippen molar-refractivity contribution in [1.29, 1.82) is 0 Å². The summed E-state index contributed by atoms with van der Waals surface area (Å²) in [5.41, 5.74) is 0.689. The number of amides is 1. The topological polar surface area (TPSA) is 104 Å². The summed E-state index contributed by atoms with van der Waals surface area (Å²) in [7, 11) is -4.19. The quantitative estimate of drug-likeness (QED) is 0.470. The Balaban J connectivity index is 1.59. The minimum absolute atomic E-state index is 0.166. The van der Waals surface area contributed by atoms with E-state index in [9.17, 15) is 13.2 Å². The zero-order valence-corrected chi connectivity index (χ0v) is 24.8. The molecule has 2 aromatic rings. The highest BCUT2D eigenvalue weighted by Crippen LogP contribution is 2.41. The van der Waals surface area contributed by atoms with E-state index in [0.717, 1.165) is 31.5 Å². The molecular weight excluding hydrogens is 510 g/mol. The van der Waals surface area contributed by atoms with Crippen LogP contribution >= 0.6 is 0 Å². The van der Waals surface area contributed by atoms with Crippen molar-refractivity contribution < 1.29 is 13.2 Å². The van der Waals surface area contributed by atoms with Crippen molar-refractivity contribution in [3.8, 4) is 0 Å². The zero-order valence-electron chi connectivity index (χ0n) is 24.0. The summed E-state index contributed by atoms with van der Waals surface area (Å²) < 4.78 is 29.0. The first-order valence-electron chi connectivity index (χ1n) is 14.4. The molecule has 2 aromatic heterocycles. The molecule has 4 heterocycles. The summed E-state index contributed by atoms with van der Waals surface area (Å²) in [6.45, 7) is 11.5.